The van der Waals surface area contributed by atoms with Crippen LogP contribution in [0.25, 0.3) is 5.65 Å². The van der Waals surface area contributed by atoms with E-state index in [0.29, 0.717) is 30.0 Å². The Kier molecular flexibility index (Phi) is 5.95. The molecule has 176 valence electrons. The highest BCUT2D eigenvalue weighted by molar-refractivity contribution is 6.00. The fourth-order valence-electron chi connectivity index (χ4n) is 5.45. The Morgan fingerprint density at radius 2 is 2.12 bits per heavy atom. The van der Waals surface area contributed by atoms with E-state index < -0.39 is 0 Å². The average molecular weight is 454 g/mol. The summed E-state index contributed by atoms with van der Waals surface area (Å²) in [4.78, 5) is 20.0. The Hall–Kier alpha value is -2.74. The van der Waals surface area contributed by atoms with Crippen molar-refractivity contribution in [1.29, 1.82) is 0 Å². The predicted octanol–water partition coefficient (Wildman–Crippen LogP) is 3.80. The molecule has 3 aliphatic rings. The van der Waals surface area contributed by atoms with Gasteiger partial charge in [-0.25, -0.2) is 13.9 Å². The number of amides is 1. The normalized spacial score (nSPS) is 30.3. The van der Waals surface area contributed by atoms with E-state index in [1.54, 1.807) is 22.9 Å². The van der Waals surface area contributed by atoms with Crippen molar-refractivity contribution in [3.8, 4) is 0 Å². The number of aliphatic hydroxyl groups is 1. The molecule has 8 heteroatoms. The number of anilines is 1. The van der Waals surface area contributed by atoms with Gasteiger partial charge < -0.3 is 15.3 Å². The number of rotatable bonds is 4. The van der Waals surface area contributed by atoms with Crippen molar-refractivity contribution < 1.29 is 14.3 Å². The van der Waals surface area contributed by atoms with E-state index in [-0.39, 0.29) is 35.8 Å². The molecule has 5 rings (SSSR count). The van der Waals surface area contributed by atoms with Gasteiger partial charge in [-0.1, -0.05) is 13.8 Å². The van der Waals surface area contributed by atoms with Gasteiger partial charge in [0.1, 0.15) is 17.2 Å². The summed E-state index contributed by atoms with van der Waals surface area (Å²) in [6, 6.07) is 2.00. The van der Waals surface area contributed by atoms with Gasteiger partial charge in [0.25, 0.3) is 5.91 Å². The molecular weight excluding hydrogens is 421 g/mol. The summed E-state index contributed by atoms with van der Waals surface area (Å²) in [5, 5.41) is 17.1. The smallest absolute Gasteiger partial charge is 0.256 e. The Morgan fingerprint density at radius 3 is 2.91 bits per heavy atom. The van der Waals surface area contributed by atoms with E-state index in [2.05, 4.69) is 29.2 Å². The second-order valence-corrected chi connectivity index (χ2v) is 9.91. The van der Waals surface area contributed by atoms with Crippen LogP contribution in [0.4, 0.5) is 10.2 Å². The molecule has 0 radical (unpaired) electrons. The molecule has 2 aliphatic carbocycles. The highest BCUT2D eigenvalue weighted by atomic mass is 19.1. The Balaban J connectivity index is 1.41. The zero-order valence-electron chi connectivity index (χ0n) is 19.2. The molecule has 5 unspecified atom stereocenters. The quantitative estimate of drug-likeness (QED) is 0.736. The summed E-state index contributed by atoms with van der Waals surface area (Å²) in [5.41, 5.74) is 2.06. The highest BCUT2D eigenvalue weighted by Gasteiger charge is 2.32. The van der Waals surface area contributed by atoms with Crippen LogP contribution in [-0.4, -0.2) is 50.3 Å². The van der Waals surface area contributed by atoms with Gasteiger partial charge in [0.05, 0.1) is 18.3 Å². The maximum absolute atomic E-state index is 14.5. The van der Waals surface area contributed by atoms with Gasteiger partial charge in [-0.3, -0.25) is 4.79 Å². The maximum Gasteiger partial charge on any atom is 0.256 e. The molecule has 2 aromatic heterocycles. The lowest BCUT2D eigenvalue weighted by Gasteiger charge is -2.29. The van der Waals surface area contributed by atoms with Crippen molar-refractivity contribution >= 4 is 17.4 Å². The van der Waals surface area contributed by atoms with Crippen LogP contribution in [0.2, 0.25) is 0 Å². The molecule has 0 aromatic carbocycles. The summed E-state index contributed by atoms with van der Waals surface area (Å²) >= 11 is 0. The van der Waals surface area contributed by atoms with Gasteiger partial charge in [0.2, 0.25) is 0 Å². The van der Waals surface area contributed by atoms with E-state index in [1.807, 2.05) is 12.3 Å². The number of allylic oxidation sites excluding steroid dienone is 3. The van der Waals surface area contributed by atoms with Crippen molar-refractivity contribution in [1.82, 2.24) is 19.9 Å². The summed E-state index contributed by atoms with van der Waals surface area (Å²) < 4.78 is 16.1. The van der Waals surface area contributed by atoms with Crippen molar-refractivity contribution in [2.75, 3.05) is 11.4 Å². The van der Waals surface area contributed by atoms with Crippen molar-refractivity contribution in [2.24, 2.45) is 11.8 Å². The number of nitrogens with one attached hydrogen (secondary N) is 1. The fraction of sp³-hybridized carbons (Fsp3) is 0.560. The van der Waals surface area contributed by atoms with Gasteiger partial charge in [-0.15, -0.1) is 0 Å². The first kappa shape index (κ1) is 22.1. The molecule has 2 aromatic rings. The molecule has 1 saturated carbocycles. The summed E-state index contributed by atoms with van der Waals surface area (Å²) in [6.07, 6.45) is 11.4. The molecule has 0 spiro atoms. The lowest BCUT2D eigenvalue weighted by Crippen LogP contribution is -2.34. The molecule has 3 heterocycles. The van der Waals surface area contributed by atoms with Crippen LogP contribution < -0.4 is 10.2 Å². The Morgan fingerprint density at radius 1 is 1.27 bits per heavy atom. The van der Waals surface area contributed by atoms with Crippen molar-refractivity contribution in [3.05, 3.63) is 47.6 Å². The lowest BCUT2D eigenvalue weighted by atomic mass is 9.88. The van der Waals surface area contributed by atoms with E-state index in [9.17, 15) is 14.3 Å². The van der Waals surface area contributed by atoms with Crippen LogP contribution in [-0.2, 0) is 0 Å². The van der Waals surface area contributed by atoms with Crippen LogP contribution in [0.1, 0.15) is 62.7 Å². The molecule has 7 nitrogen and oxygen atoms in total. The first-order chi connectivity index (χ1) is 15.9. The Labute approximate surface area is 193 Å². The maximum atomic E-state index is 14.5. The van der Waals surface area contributed by atoms with Crippen molar-refractivity contribution in [2.45, 2.75) is 70.6 Å². The molecule has 33 heavy (non-hydrogen) atoms. The predicted molar refractivity (Wildman–Crippen MR) is 125 cm³/mol. The van der Waals surface area contributed by atoms with E-state index in [1.165, 1.54) is 0 Å². The molecule has 1 saturated heterocycles. The molecular formula is C25H32FN5O2. The number of hydrogen-bond acceptors (Lipinski definition) is 5. The highest BCUT2D eigenvalue weighted by Crippen LogP contribution is 2.36. The zero-order chi connectivity index (χ0) is 23.1. The van der Waals surface area contributed by atoms with E-state index in [0.717, 1.165) is 43.6 Å². The third-order valence-corrected chi connectivity index (χ3v) is 7.51. The van der Waals surface area contributed by atoms with Gasteiger partial charge in [0.15, 0.2) is 5.65 Å². The average Bonchev–Trinajstić information content (AvgIpc) is 3.50. The number of carbonyl (C=O) groups excluding carboxylic acids is 1. The fourth-order valence-corrected chi connectivity index (χ4v) is 5.45. The number of hydrogen-bond donors (Lipinski definition) is 2. The number of carbonyl (C=O) groups is 1. The number of nitrogens with zero attached hydrogens (tertiary/aromatic N) is 4. The largest absolute Gasteiger partial charge is 0.393 e. The molecule has 2 N–H and O–H groups in total. The first-order valence-electron chi connectivity index (χ1n) is 12.1. The third kappa shape index (κ3) is 4.40. The number of fused-ring (bicyclic) bond motifs is 1. The second kappa shape index (κ2) is 8.89. The molecule has 1 amide bonds. The topological polar surface area (TPSA) is 82.8 Å². The van der Waals surface area contributed by atoms with Gasteiger partial charge in [-0.05, 0) is 74.2 Å². The monoisotopic (exact) mass is 453 g/mol. The second-order valence-electron chi connectivity index (χ2n) is 9.91. The van der Waals surface area contributed by atoms with Crippen molar-refractivity contribution in [3.63, 3.8) is 0 Å². The first-order valence-corrected chi connectivity index (χ1v) is 12.1. The van der Waals surface area contributed by atoms with Gasteiger partial charge >= 0.3 is 0 Å². The summed E-state index contributed by atoms with van der Waals surface area (Å²) in [5.74, 6) is 1.00. The van der Waals surface area contributed by atoms with Crippen LogP contribution in [0.3, 0.4) is 0 Å². The van der Waals surface area contributed by atoms with Gasteiger partial charge in [0, 0.05) is 18.8 Å². The van der Waals surface area contributed by atoms with Gasteiger partial charge in [-0.2, -0.15) is 5.10 Å². The third-order valence-electron chi connectivity index (χ3n) is 7.51. The van der Waals surface area contributed by atoms with E-state index >= 15 is 0 Å². The van der Waals surface area contributed by atoms with Crippen LogP contribution in [0.15, 0.2) is 42.0 Å². The number of halogens is 1. The van der Waals surface area contributed by atoms with Crippen LogP contribution in [0.5, 0.6) is 0 Å². The molecule has 1 aliphatic heterocycles. The number of aromatic nitrogens is 3. The molecule has 2 fully saturated rings. The minimum atomic E-state index is -0.347. The minimum Gasteiger partial charge on any atom is -0.393 e. The SMILES string of the molecule is CC1C=C(F)C=C(C2CCCN2c2ccn3ncc(C(=O)NC4CCC(O)C4)c3n2)CC1C. The molecule has 5 atom stereocenters. The standard InChI is InChI=1S/C25H32FN5O2/c1-15-10-17(12-18(26)11-16(15)2)22-4-3-8-30(22)23-7-9-31-24(29-23)21(14-27-31)25(33)28-19-5-6-20(32)13-19/h7,9,11-12,14-16,19-20,22,32H,3-6,8,10,13H2,1-2H3,(H,28,33). The number of aliphatic hydroxyl groups excluding tert-OH is 1. The Bertz CT molecular complexity index is 1110. The molecule has 0 bridgehead atoms. The zero-order valence-corrected chi connectivity index (χ0v) is 19.2. The van der Waals surface area contributed by atoms with Crippen LogP contribution in [0, 0.1) is 11.8 Å². The van der Waals surface area contributed by atoms with Crippen LogP contribution >= 0.6 is 0 Å². The summed E-state index contributed by atoms with van der Waals surface area (Å²) in [7, 11) is 0. The minimum absolute atomic E-state index is 0.0249. The van der Waals surface area contributed by atoms with E-state index in [4.69, 9.17) is 4.98 Å². The summed E-state index contributed by atoms with van der Waals surface area (Å²) in [6.45, 7) is 5.09. The lowest BCUT2D eigenvalue weighted by molar-refractivity contribution is 0.0935.